The Balaban J connectivity index is 4.63. The van der Waals surface area contributed by atoms with Crippen molar-refractivity contribution in [2.75, 3.05) is 27.7 Å². The lowest BCUT2D eigenvalue weighted by Gasteiger charge is -2.35. The summed E-state index contributed by atoms with van der Waals surface area (Å²) in [6.45, 7) is 12.7. The predicted molar refractivity (Wildman–Crippen MR) is 86.5 cm³/mol. The lowest BCUT2D eigenvalue weighted by atomic mass is 9.87. The second-order valence-corrected chi connectivity index (χ2v) is 8.79. The summed E-state index contributed by atoms with van der Waals surface area (Å²) in [7, 11) is 6.00. The minimum absolute atomic E-state index is 0.00907. The molecule has 0 spiro atoms. The zero-order valence-electron chi connectivity index (χ0n) is 14.4. The molecule has 0 rings (SSSR count). The topological polar surface area (TPSA) is 44.8 Å². The van der Waals surface area contributed by atoms with Crippen molar-refractivity contribution in [2.24, 2.45) is 5.41 Å². The number of likely N-dealkylation sites (N-methyl/N-ethyl adjacent to an activating group) is 1. The van der Waals surface area contributed by atoms with Crippen LogP contribution in [0.25, 0.3) is 0 Å². The third-order valence-electron chi connectivity index (χ3n) is 2.48. The Labute approximate surface area is 128 Å². The summed E-state index contributed by atoms with van der Waals surface area (Å²) >= 11 is 1.61. The fourth-order valence-electron chi connectivity index (χ4n) is 1.56. The van der Waals surface area contributed by atoms with Crippen LogP contribution in [-0.2, 0) is 4.74 Å². The zero-order valence-corrected chi connectivity index (χ0v) is 15.2. The third kappa shape index (κ3) is 9.44. The van der Waals surface area contributed by atoms with Gasteiger partial charge in [-0.15, -0.1) is 0 Å². The Morgan fingerprint density at radius 1 is 1.15 bits per heavy atom. The smallest absolute Gasteiger partial charge is 0.407 e. The first-order chi connectivity index (χ1) is 8.81. The predicted octanol–water partition coefficient (Wildman–Crippen LogP) is 2.98. The molecule has 6 heteroatoms. The van der Waals surface area contributed by atoms with Gasteiger partial charge in [-0.3, -0.25) is 0 Å². The average molecular weight is 305 g/mol. The van der Waals surface area contributed by atoms with Crippen molar-refractivity contribution in [3.05, 3.63) is 0 Å². The number of hydrogen-bond donors (Lipinski definition) is 1. The lowest BCUT2D eigenvalue weighted by Crippen LogP contribution is -2.50. The Morgan fingerprint density at radius 2 is 1.65 bits per heavy atom. The van der Waals surface area contributed by atoms with Crippen molar-refractivity contribution < 1.29 is 9.53 Å². The van der Waals surface area contributed by atoms with Crippen LogP contribution < -0.4 is 5.32 Å². The molecular weight excluding hydrogens is 274 g/mol. The van der Waals surface area contributed by atoms with E-state index < -0.39 is 5.60 Å². The number of rotatable bonds is 5. The zero-order chi connectivity index (χ0) is 16.1. The van der Waals surface area contributed by atoms with Gasteiger partial charge in [0.1, 0.15) is 5.60 Å². The van der Waals surface area contributed by atoms with Gasteiger partial charge in [0.25, 0.3) is 0 Å². The highest BCUT2D eigenvalue weighted by Gasteiger charge is 2.29. The molecule has 1 N–H and O–H groups in total. The van der Waals surface area contributed by atoms with E-state index in [1.54, 1.807) is 12.1 Å². The molecule has 0 aromatic carbocycles. The summed E-state index contributed by atoms with van der Waals surface area (Å²) < 4.78 is 9.47. The largest absolute Gasteiger partial charge is 0.444 e. The van der Waals surface area contributed by atoms with Crippen molar-refractivity contribution in [2.45, 2.75) is 53.2 Å². The monoisotopic (exact) mass is 305 g/mol. The molecule has 0 radical (unpaired) electrons. The highest BCUT2D eigenvalue weighted by Crippen LogP contribution is 2.23. The first-order valence-corrected chi connectivity index (χ1v) is 7.60. The summed E-state index contributed by atoms with van der Waals surface area (Å²) in [6.07, 6.45) is -0.360. The maximum absolute atomic E-state index is 12.0. The van der Waals surface area contributed by atoms with Gasteiger partial charge < -0.3 is 10.1 Å². The van der Waals surface area contributed by atoms with Crippen LogP contribution in [0.5, 0.6) is 0 Å². The number of carbonyl (C=O) groups excluding carboxylic acids is 1. The van der Waals surface area contributed by atoms with Crippen molar-refractivity contribution in [3.63, 3.8) is 0 Å². The maximum atomic E-state index is 12.0. The molecule has 5 nitrogen and oxygen atoms in total. The van der Waals surface area contributed by atoms with Gasteiger partial charge in [-0.25, -0.2) is 13.4 Å². The van der Waals surface area contributed by atoms with E-state index in [9.17, 15) is 4.79 Å². The van der Waals surface area contributed by atoms with Crippen LogP contribution in [0.2, 0.25) is 0 Å². The molecule has 0 aromatic rings. The first kappa shape index (κ1) is 19.5. The lowest BCUT2D eigenvalue weighted by molar-refractivity contribution is 0.0456. The Bertz CT molecular complexity index is 309. The summed E-state index contributed by atoms with van der Waals surface area (Å²) in [6, 6.07) is 0.00907. The fourth-order valence-corrected chi connectivity index (χ4v) is 2.33. The van der Waals surface area contributed by atoms with Crippen molar-refractivity contribution in [3.8, 4) is 0 Å². The minimum Gasteiger partial charge on any atom is -0.444 e. The van der Waals surface area contributed by atoms with E-state index in [0.717, 1.165) is 6.54 Å². The van der Waals surface area contributed by atoms with E-state index in [1.807, 2.05) is 46.2 Å². The summed E-state index contributed by atoms with van der Waals surface area (Å²) in [5, 5.41) is 2.98. The van der Waals surface area contributed by atoms with Gasteiger partial charge in [-0.2, -0.15) is 0 Å². The second kappa shape index (κ2) is 7.52. The fraction of sp³-hybridized carbons (Fsp3) is 0.929. The molecule has 0 aliphatic rings. The quantitative estimate of drug-likeness (QED) is 0.791. The molecule has 0 fully saturated rings. The van der Waals surface area contributed by atoms with Crippen molar-refractivity contribution in [1.29, 1.82) is 0 Å². The Kier molecular flexibility index (Phi) is 7.35. The maximum Gasteiger partial charge on any atom is 0.407 e. The molecule has 0 unspecified atom stereocenters. The molecule has 0 heterocycles. The van der Waals surface area contributed by atoms with Gasteiger partial charge in [0.15, 0.2) is 0 Å². The first-order valence-electron chi connectivity index (χ1n) is 6.87. The normalized spacial score (nSPS) is 14.6. The SMILES string of the molecule is CN(C)SN(C)C[C@@H](NC(=O)OC(C)(C)C)C(C)(C)C. The molecule has 120 valence electrons. The summed E-state index contributed by atoms with van der Waals surface area (Å²) in [5.41, 5.74) is -0.519. The molecule has 1 atom stereocenters. The number of carbonyl (C=O) groups is 1. The average Bonchev–Trinajstić information content (AvgIpc) is 2.09. The number of alkyl carbamates (subject to hydrolysis) is 1. The summed E-state index contributed by atoms with van der Waals surface area (Å²) in [5.74, 6) is 0. The Hall–Kier alpha value is -0.460. The van der Waals surface area contributed by atoms with Crippen LogP contribution in [0.1, 0.15) is 41.5 Å². The van der Waals surface area contributed by atoms with Crippen LogP contribution in [0, 0.1) is 5.41 Å². The molecule has 0 aliphatic carbocycles. The van der Waals surface area contributed by atoms with Crippen LogP contribution in [-0.4, -0.2) is 54.0 Å². The highest BCUT2D eigenvalue weighted by molar-refractivity contribution is 7.94. The molecule has 1 amide bonds. The second-order valence-electron chi connectivity index (χ2n) is 7.27. The number of nitrogens with zero attached hydrogens (tertiary/aromatic N) is 2. The molecule has 0 aromatic heterocycles. The van der Waals surface area contributed by atoms with Gasteiger partial charge in [-0.1, -0.05) is 20.8 Å². The molecule has 0 bridgehead atoms. The Morgan fingerprint density at radius 3 is 2.00 bits per heavy atom. The van der Waals surface area contributed by atoms with E-state index in [4.69, 9.17) is 4.74 Å². The molecule has 0 saturated carbocycles. The van der Waals surface area contributed by atoms with Gasteiger partial charge in [0, 0.05) is 18.7 Å². The van der Waals surface area contributed by atoms with Gasteiger partial charge in [-0.05, 0) is 47.3 Å². The number of nitrogens with one attached hydrogen (secondary N) is 1. The van der Waals surface area contributed by atoms with E-state index in [1.165, 1.54) is 0 Å². The molecule has 20 heavy (non-hydrogen) atoms. The van der Waals surface area contributed by atoms with Crippen molar-refractivity contribution in [1.82, 2.24) is 13.9 Å². The van der Waals surface area contributed by atoms with Crippen LogP contribution in [0.15, 0.2) is 0 Å². The summed E-state index contributed by atoms with van der Waals surface area (Å²) in [4.78, 5) is 12.0. The van der Waals surface area contributed by atoms with Crippen LogP contribution in [0.3, 0.4) is 0 Å². The number of ether oxygens (including phenoxy) is 1. The van der Waals surface area contributed by atoms with Gasteiger partial charge >= 0.3 is 6.09 Å². The molecule has 0 aliphatic heterocycles. The van der Waals surface area contributed by atoms with Crippen molar-refractivity contribution >= 4 is 18.2 Å². The van der Waals surface area contributed by atoms with E-state index in [0.29, 0.717) is 0 Å². The van der Waals surface area contributed by atoms with Crippen LogP contribution >= 0.6 is 12.1 Å². The van der Waals surface area contributed by atoms with E-state index >= 15 is 0 Å². The van der Waals surface area contributed by atoms with E-state index in [-0.39, 0.29) is 17.6 Å². The minimum atomic E-state index is -0.475. The van der Waals surface area contributed by atoms with Gasteiger partial charge in [0.2, 0.25) is 0 Å². The number of amides is 1. The van der Waals surface area contributed by atoms with Crippen LogP contribution in [0.4, 0.5) is 4.79 Å². The third-order valence-corrected chi connectivity index (χ3v) is 3.23. The molecular formula is C14H31N3O2S. The van der Waals surface area contributed by atoms with E-state index in [2.05, 4.69) is 30.4 Å². The standard InChI is InChI=1S/C14H31N3O2S/c1-13(2,3)11(10-17(9)20-16(7)8)15-12(18)19-14(4,5)6/h11H,10H2,1-9H3,(H,15,18)/t11-/m1/s1. The van der Waals surface area contributed by atoms with Gasteiger partial charge in [0.05, 0.1) is 6.04 Å². The highest BCUT2D eigenvalue weighted by atomic mass is 32.2. The number of hydrogen-bond acceptors (Lipinski definition) is 5. The molecule has 0 saturated heterocycles.